The number of hydrogen-bond donors (Lipinski definition) is 1. The fraction of sp³-hybridized carbons (Fsp3) is 0.579. The Hall–Kier alpha value is -1.64. The van der Waals surface area contributed by atoms with E-state index in [1.54, 1.807) is 23.1 Å². The van der Waals surface area contributed by atoms with Gasteiger partial charge in [-0.15, -0.1) is 11.8 Å². The number of thioether (sulfide) groups is 1. The first kappa shape index (κ1) is 18.7. The standard InChI is InChI=1S/C19H23FN2O4S/c20-14-4-2-1-3-13(14)11-16-17(23)21-15(12-27-16)18(24)22-7-5-19(6-8-22)25-9-10-26-19/h1-4,15-16H,5-12H2,(H,21,23). The third-order valence-corrected chi connectivity index (χ3v) is 6.69. The first-order valence-electron chi connectivity index (χ1n) is 9.28. The highest BCUT2D eigenvalue weighted by atomic mass is 32.2. The van der Waals surface area contributed by atoms with Crippen LogP contribution in [0.2, 0.25) is 0 Å². The maximum atomic E-state index is 13.8. The number of benzene rings is 1. The molecule has 2 unspecified atom stereocenters. The number of halogens is 1. The van der Waals surface area contributed by atoms with Gasteiger partial charge in [-0.25, -0.2) is 4.39 Å². The van der Waals surface area contributed by atoms with E-state index >= 15 is 0 Å². The summed E-state index contributed by atoms with van der Waals surface area (Å²) < 4.78 is 25.2. The van der Waals surface area contributed by atoms with Crippen molar-refractivity contribution >= 4 is 23.6 Å². The number of ether oxygens (including phenoxy) is 2. The van der Waals surface area contributed by atoms with Crippen LogP contribution in [0.1, 0.15) is 18.4 Å². The number of carbonyl (C=O) groups is 2. The molecular weight excluding hydrogens is 371 g/mol. The van der Waals surface area contributed by atoms with Crippen molar-refractivity contribution in [3.8, 4) is 0 Å². The summed E-state index contributed by atoms with van der Waals surface area (Å²) in [6.45, 7) is 2.34. The summed E-state index contributed by atoms with van der Waals surface area (Å²) in [5.74, 6) is -0.593. The van der Waals surface area contributed by atoms with Crippen LogP contribution in [0.15, 0.2) is 24.3 Å². The molecule has 0 saturated carbocycles. The lowest BCUT2D eigenvalue weighted by Crippen LogP contribution is -2.57. The normalized spacial score (nSPS) is 27.6. The van der Waals surface area contributed by atoms with Crippen LogP contribution in [-0.4, -0.2) is 65.8 Å². The van der Waals surface area contributed by atoms with Crippen LogP contribution in [0.25, 0.3) is 0 Å². The predicted octanol–water partition coefficient (Wildman–Crippen LogP) is 1.33. The van der Waals surface area contributed by atoms with E-state index in [1.807, 2.05) is 0 Å². The summed E-state index contributed by atoms with van der Waals surface area (Å²) in [6, 6.07) is 5.95. The highest BCUT2D eigenvalue weighted by Gasteiger charge is 2.42. The fourth-order valence-corrected chi connectivity index (χ4v) is 4.98. The van der Waals surface area contributed by atoms with Crippen LogP contribution in [0.5, 0.6) is 0 Å². The minimum atomic E-state index is -0.529. The zero-order chi connectivity index (χ0) is 18.9. The molecule has 0 bridgehead atoms. The van der Waals surface area contributed by atoms with Gasteiger partial charge in [0.15, 0.2) is 5.79 Å². The molecule has 8 heteroatoms. The topological polar surface area (TPSA) is 67.9 Å². The summed E-state index contributed by atoms with van der Waals surface area (Å²) in [5, 5.41) is 2.45. The summed E-state index contributed by atoms with van der Waals surface area (Å²) >= 11 is 1.42. The molecule has 3 aliphatic heterocycles. The van der Waals surface area contributed by atoms with Gasteiger partial charge >= 0.3 is 0 Å². The Morgan fingerprint density at radius 3 is 2.63 bits per heavy atom. The number of carbonyl (C=O) groups excluding carboxylic acids is 2. The van der Waals surface area contributed by atoms with Crippen molar-refractivity contribution in [2.24, 2.45) is 0 Å². The Morgan fingerprint density at radius 2 is 1.96 bits per heavy atom. The van der Waals surface area contributed by atoms with E-state index < -0.39 is 11.8 Å². The molecular formula is C19H23FN2O4S. The molecule has 4 rings (SSSR count). The molecule has 3 saturated heterocycles. The average molecular weight is 394 g/mol. The number of likely N-dealkylation sites (tertiary alicyclic amines) is 1. The monoisotopic (exact) mass is 394 g/mol. The zero-order valence-electron chi connectivity index (χ0n) is 15.0. The summed E-state index contributed by atoms with van der Waals surface area (Å²) in [7, 11) is 0. The van der Waals surface area contributed by atoms with Gasteiger partial charge in [0.2, 0.25) is 11.8 Å². The van der Waals surface area contributed by atoms with Crippen molar-refractivity contribution in [1.29, 1.82) is 0 Å². The second kappa shape index (κ2) is 7.77. The molecule has 2 amide bonds. The van der Waals surface area contributed by atoms with Crippen molar-refractivity contribution in [3.63, 3.8) is 0 Å². The van der Waals surface area contributed by atoms with Gasteiger partial charge in [0.25, 0.3) is 0 Å². The van der Waals surface area contributed by atoms with Gasteiger partial charge in [0.05, 0.1) is 18.5 Å². The number of rotatable bonds is 3. The average Bonchev–Trinajstić information content (AvgIpc) is 3.13. The number of amides is 2. The zero-order valence-corrected chi connectivity index (χ0v) is 15.8. The molecule has 1 aromatic rings. The van der Waals surface area contributed by atoms with Crippen molar-refractivity contribution < 1.29 is 23.5 Å². The first-order valence-corrected chi connectivity index (χ1v) is 10.3. The highest BCUT2D eigenvalue weighted by molar-refractivity contribution is 8.00. The Balaban J connectivity index is 1.31. The molecule has 146 valence electrons. The fourth-order valence-electron chi connectivity index (χ4n) is 3.82. The molecule has 0 aromatic heterocycles. The summed E-state index contributed by atoms with van der Waals surface area (Å²) in [6.07, 6.45) is 1.63. The van der Waals surface area contributed by atoms with Crippen LogP contribution in [0.3, 0.4) is 0 Å². The molecule has 0 aliphatic carbocycles. The molecule has 3 fully saturated rings. The van der Waals surface area contributed by atoms with E-state index in [1.165, 1.54) is 17.8 Å². The van der Waals surface area contributed by atoms with E-state index in [0.29, 0.717) is 56.9 Å². The molecule has 1 N–H and O–H groups in total. The number of nitrogens with one attached hydrogen (secondary N) is 1. The minimum Gasteiger partial charge on any atom is -0.347 e. The molecule has 3 aliphatic rings. The largest absolute Gasteiger partial charge is 0.347 e. The second-order valence-electron chi connectivity index (χ2n) is 7.11. The van der Waals surface area contributed by atoms with Crippen LogP contribution < -0.4 is 5.32 Å². The number of piperidine rings is 1. The quantitative estimate of drug-likeness (QED) is 0.838. The third-order valence-electron chi connectivity index (χ3n) is 5.38. The lowest BCUT2D eigenvalue weighted by Gasteiger charge is -2.39. The van der Waals surface area contributed by atoms with Gasteiger partial charge in [-0.3, -0.25) is 9.59 Å². The first-order chi connectivity index (χ1) is 13.1. The minimum absolute atomic E-state index is 0.0620. The van der Waals surface area contributed by atoms with Crippen molar-refractivity contribution in [3.05, 3.63) is 35.6 Å². The van der Waals surface area contributed by atoms with E-state index in [9.17, 15) is 14.0 Å². The molecule has 27 heavy (non-hydrogen) atoms. The lowest BCUT2D eigenvalue weighted by atomic mass is 10.0. The van der Waals surface area contributed by atoms with Gasteiger partial charge < -0.3 is 19.7 Å². The Morgan fingerprint density at radius 1 is 1.26 bits per heavy atom. The Kier molecular flexibility index (Phi) is 5.39. The Labute approximate surface area is 161 Å². The van der Waals surface area contributed by atoms with Crippen molar-refractivity contribution in [2.45, 2.75) is 36.3 Å². The van der Waals surface area contributed by atoms with Gasteiger partial charge in [0, 0.05) is 31.7 Å². The molecule has 2 atom stereocenters. The van der Waals surface area contributed by atoms with Crippen LogP contribution in [0.4, 0.5) is 4.39 Å². The van der Waals surface area contributed by atoms with Crippen LogP contribution in [-0.2, 0) is 25.5 Å². The van der Waals surface area contributed by atoms with Gasteiger partial charge in [-0.05, 0) is 18.1 Å². The third kappa shape index (κ3) is 3.97. The van der Waals surface area contributed by atoms with Crippen LogP contribution >= 0.6 is 11.8 Å². The smallest absolute Gasteiger partial charge is 0.246 e. The predicted molar refractivity (Wildman–Crippen MR) is 98.7 cm³/mol. The summed E-state index contributed by atoms with van der Waals surface area (Å²) in [5.41, 5.74) is 0.521. The van der Waals surface area contributed by atoms with Gasteiger partial charge in [0.1, 0.15) is 11.9 Å². The van der Waals surface area contributed by atoms with Gasteiger partial charge in [-0.2, -0.15) is 0 Å². The molecule has 0 radical (unpaired) electrons. The molecule has 6 nitrogen and oxygen atoms in total. The maximum Gasteiger partial charge on any atom is 0.246 e. The van der Waals surface area contributed by atoms with Crippen molar-refractivity contribution in [2.75, 3.05) is 32.1 Å². The van der Waals surface area contributed by atoms with E-state index in [2.05, 4.69) is 5.32 Å². The van der Waals surface area contributed by atoms with Gasteiger partial charge in [-0.1, -0.05) is 18.2 Å². The Bertz CT molecular complexity index is 715. The second-order valence-corrected chi connectivity index (χ2v) is 8.35. The van der Waals surface area contributed by atoms with E-state index in [-0.39, 0.29) is 22.9 Å². The van der Waals surface area contributed by atoms with Crippen LogP contribution in [0, 0.1) is 5.82 Å². The summed E-state index contributed by atoms with van der Waals surface area (Å²) in [4.78, 5) is 27.0. The maximum absolute atomic E-state index is 13.8. The van der Waals surface area contributed by atoms with Crippen molar-refractivity contribution in [1.82, 2.24) is 10.2 Å². The molecule has 1 spiro atoms. The highest BCUT2D eigenvalue weighted by Crippen LogP contribution is 2.32. The number of nitrogens with zero attached hydrogens (tertiary/aromatic N) is 1. The number of hydrogen-bond acceptors (Lipinski definition) is 5. The van der Waals surface area contributed by atoms with E-state index in [0.717, 1.165) is 0 Å². The lowest BCUT2D eigenvalue weighted by molar-refractivity contribution is -0.187. The van der Waals surface area contributed by atoms with E-state index in [4.69, 9.17) is 9.47 Å². The molecule has 1 aromatic carbocycles. The molecule has 3 heterocycles. The SMILES string of the molecule is O=C1NC(C(=O)N2CCC3(CC2)OCCO3)CSC1Cc1ccccc1F.